The van der Waals surface area contributed by atoms with Crippen molar-refractivity contribution in [2.24, 2.45) is 0 Å². The number of aryl methyl sites for hydroxylation is 2. The summed E-state index contributed by atoms with van der Waals surface area (Å²) in [4.78, 5) is 17.0. The van der Waals surface area contributed by atoms with E-state index in [-0.39, 0.29) is 5.69 Å². The van der Waals surface area contributed by atoms with Gasteiger partial charge >= 0.3 is 0 Å². The van der Waals surface area contributed by atoms with Crippen LogP contribution in [0.3, 0.4) is 0 Å². The van der Waals surface area contributed by atoms with Gasteiger partial charge in [-0.05, 0) is 18.4 Å². The van der Waals surface area contributed by atoms with E-state index in [2.05, 4.69) is 9.97 Å². The number of hydrogen-bond donors (Lipinski definition) is 1. The average molecular weight is 218 g/mol. The quantitative estimate of drug-likeness (QED) is 0.852. The highest BCUT2D eigenvalue weighted by Crippen LogP contribution is 2.05. The number of H-pyrrole nitrogens is 1. The molecule has 1 aromatic carbocycles. The van der Waals surface area contributed by atoms with Gasteiger partial charge in [0.05, 0.1) is 12.0 Å². The van der Waals surface area contributed by atoms with Crippen molar-refractivity contribution >= 4 is 0 Å². The Labute approximate surface area is 92.0 Å². The smallest absolute Gasteiger partial charge is 0.287 e. The van der Waals surface area contributed by atoms with Crippen LogP contribution >= 0.6 is 0 Å². The molecule has 0 aliphatic heterocycles. The van der Waals surface area contributed by atoms with Crippen LogP contribution in [0.5, 0.6) is 0 Å². The van der Waals surface area contributed by atoms with Gasteiger partial charge in [-0.2, -0.15) is 4.39 Å². The van der Waals surface area contributed by atoms with Crippen molar-refractivity contribution in [2.75, 3.05) is 0 Å². The van der Waals surface area contributed by atoms with Crippen molar-refractivity contribution < 1.29 is 4.39 Å². The first kappa shape index (κ1) is 10.5. The molecule has 2 aromatic rings. The molecule has 0 saturated heterocycles. The van der Waals surface area contributed by atoms with Gasteiger partial charge in [0.15, 0.2) is 0 Å². The van der Waals surface area contributed by atoms with Gasteiger partial charge in [-0.3, -0.25) is 4.79 Å². The van der Waals surface area contributed by atoms with Gasteiger partial charge in [-0.25, -0.2) is 4.98 Å². The highest BCUT2D eigenvalue weighted by atomic mass is 19.1. The van der Waals surface area contributed by atoms with Crippen LogP contribution in [0.25, 0.3) is 0 Å². The SMILES string of the molecule is O=c1[nH]cnc(CCc2ccccc2)c1F. The zero-order valence-electron chi connectivity index (χ0n) is 8.61. The zero-order chi connectivity index (χ0) is 11.4. The normalized spacial score (nSPS) is 10.3. The fourth-order valence-electron chi connectivity index (χ4n) is 1.50. The van der Waals surface area contributed by atoms with Crippen molar-refractivity contribution in [1.29, 1.82) is 0 Å². The van der Waals surface area contributed by atoms with Crippen LogP contribution in [0.4, 0.5) is 4.39 Å². The minimum absolute atomic E-state index is 0.215. The Morgan fingerprint density at radius 2 is 1.94 bits per heavy atom. The summed E-state index contributed by atoms with van der Waals surface area (Å²) in [5.74, 6) is -0.779. The van der Waals surface area contributed by atoms with Crippen LogP contribution in [0.15, 0.2) is 41.5 Å². The predicted molar refractivity (Wildman–Crippen MR) is 58.7 cm³/mol. The monoisotopic (exact) mass is 218 g/mol. The molecular formula is C12H11FN2O. The van der Waals surface area contributed by atoms with Gasteiger partial charge in [0.2, 0.25) is 5.82 Å². The molecule has 0 saturated carbocycles. The van der Waals surface area contributed by atoms with Gasteiger partial charge < -0.3 is 4.98 Å². The van der Waals surface area contributed by atoms with E-state index in [0.717, 1.165) is 5.56 Å². The lowest BCUT2D eigenvalue weighted by Crippen LogP contribution is -2.15. The number of halogens is 1. The molecule has 1 heterocycles. The molecule has 0 aliphatic rings. The third-order valence-electron chi connectivity index (χ3n) is 2.36. The fraction of sp³-hybridized carbons (Fsp3) is 0.167. The molecule has 3 nitrogen and oxygen atoms in total. The first-order chi connectivity index (χ1) is 7.77. The van der Waals surface area contributed by atoms with Crippen LogP contribution in [0, 0.1) is 5.82 Å². The summed E-state index contributed by atoms with van der Waals surface area (Å²) in [5.41, 5.74) is 0.606. The first-order valence-electron chi connectivity index (χ1n) is 5.03. The van der Waals surface area contributed by atoms with Crippen molar-refractivity contribution in [3.05, 3.63) is 64.1 Å². The molecule has 16 heavy (non-hydrogen) atoms. The lowest BCUT2D eigenvalue weighted by molar-refractivity contribution is 0.576. The third kappa shape index (κ3) is 2.34. The van der Waals surface area contributed by atoms with Crippen LogP contribution in [-0.4, -0.2) is 9.97 Å². The number of nitrogens with one attached hydrogen (secondary N) is 1. The molecule has 0 atom stereocenters. The fourth-order valence-corrected chi connectivity index (χ4v) is 1.50. The molecule has 0 unspecified atom stereocenters. The van der Waals surface area contributed by atoms with E-state index in [0.29, 0.717) is 12.8 Å². The first-order valence-corrected chi connectivity index (χ1v) is 5.03. The Hall–Kier alpha value is -1.97. The number of hydrogen-bond acceptors (Lipinski definition) is 2. The summed E-state index contributed by atoms with van der Waals surface area (Å²) < 4.78 is 13.3. The Morgan fingerprint density at radius 1 is 1.19 bits per heavy atom. The van der Waals surface area contributed by atoms with Crippen LogP contribution < -0.4 is 5.56 Å². The topological polar surface area (TPSA) is 45.8 Å². The van der Waals surface area contributed by atoms with Gasteiger partial charge in [0, 0.05) is 0 Å². The number of rotatable bonds is 3. The molecule has 1 N–H and O–H groups in total. The van der Waals surface area contributed by atoms with Gasteiger partial charge in [-0.1, -0.05) is 30.3 Å². The second-order valence-corrected chi connectivity index (χ2v) is 3.48. The Bertz CT molecular complexity index is 522. The molecule has 0 bridgehead atoms. The van der Waals surface area contributed by atoms with Crippen LogP contribution in [0.1, 0.15) is 11.3 Å². The minimum Gasteiger partial charge on any atom is -0.311 e. The maximum Gasteiger partial charge on any atom is 0.287 e. The Morgan fingerprint density at radius 3 is 2.69 bits per heavy atom. The van der Waals surface area contributed by atoms with Gasteiger partial charge in [0.1, 0.15) is 0 Å². The summed E-state index contributed by atoms with van der Waals surface area (Å²) in [5, 5.41) is 0. The highest BCUT2D eigenvalue weighted by molar-refractivity contribution is 5.16. The number of benzene rings is 1. The molecule has 82 valence electrons. The van der Waals surface area contributed by atoms with E-state index < -0.39 is 11.4 Å². The number of aromatic nitrogens is 2. The van der Waals surface area contributed by atoms with Crippen molar-refractivity contribution in [2.45, 2.75) is 12.8 Å². The highest BCUT2D eigenvalue weighted by Gasteiger charge is 2.07. The summed E-state index contributed by atoms with van der Waals surface area (Å²) in [6.45, 7) is 0. The maximum absolute atomic E-state index is 13.3. The Kier molecular flexibility index (Phi) is 3.10. The zero-order valence-corrected chi connectivity index (χ0v) is 8.61. The molecule has 0 spiro atoms. The largest absolute Gasteiger partial charge is 0.311 e. The van der Waals surface area contributed by atoms with E-state index in [1.807, 2.05) is 30.3 Å². The summed E-state index contributed by atoms with van der Waals surface area (Å²) in [7, 11) is 0. The van der Waals surface area contributed by atoms with Crippen molar-refractivity contribution in [1.82, 2.24) is 9.97 Å². The van der Waals surface area contributed by atoms with Gasteiger partial charge in [-0.15, -0.1) is 0 Å². The van der Waals surface area contributed by atoms with E-state index in [1.165, 1.54) is 6.33 Å². The van der Waals surface area contributed by atoms with E-state index in [9.17, 15) is 9.18 Å². The third-order valence-corrected chi connectivity index (χ3v) is 2.36. The molecule has 4 heteroatoms. The van der Waals surface area contributed by atoms with E-state index in [1.54, 1.807) is 0 Å². The molecule has 2 rings (SSSR count). The lowest BCUT2D eigenvalue weighted by atomic mass is 10.1. The Balaban J connectivity index is 2.11. The number of aromatic amines is 1. The number of nitrogens with zero attached hydrogens (tertiary/aromatic N) is 1. The second kappa shape index (κ2) is 4.70. The van der Waals surface area contributed by atoms with Crippen LogP contribution in [0.2, 0.25) is 0 Å². The van der Waals surface area contributed by atoms with Crippen LogP contribution in [-0.2, 0) is 12.8 Å². The molecular weight excluding hydrogens is 207 g/mol. The molecule has 0 aliphatic carbocycles. The lowest BCUT2D eigenvalue weighted by Gasteiger charge is -2.01. The summed E-state index contributed by atoms with van der Waals surface area (Å²) in [6.07, 6.45) is 2.33. The summed E-state index contributed by atoms with van der Waals surface area (Å²) in [6, 6.07) is 9.71. The average Bonchev–Trinajstić information content (AvgIpc) is 2.32. The molecule has 0 radical (unpaired) electrons. The molecule has 0 amide bonds. The summed E-state index contributed by atoms with van der Waals surface area (Å²) >= 11 is 0. The van der Waals surface area contributed by atoms with Crippen molar-refractivity contribution in [3.63, 3.8) is 0 Å². The standard InChI is InChI=1S/C12H11FN2O/c13-11-10(14-8-15-12(11)16)7-6-9-4-2-1-3-5-9/h1-5,8H,6-7H2,(H,14,15,16). The van der Waals surface area contributed by atoms with Crippen molar-refractivity contribution in [3.8, 4) is 0 Å². The molecule has 1 aromatic heterocycles. The second-order valence-electron chi connectivity index (χ2n) is 3.48. The van der Waals surface area contributed by atoms with Gasteiger partial charge in [0.25, 0.3) is 5.56 Å². The van der Waals surface area contributed by atoms with E-state index in [4.69, 9.17) is 0 Å². The molecule has 0 fully saturated rings. The minimum atomic E-state index is -0.779. The maximum atomic E-state index is 13.3. The predicted octanol–water partition coefficient (Wildman–Crippen LogP) is 1.69. The van der Waals surface area contributed by atoms with E-state index >= 15 is 0 Å².